The molecule has 0 bridgehead atoms. The van der Waals surface area contributed by atoms with Crippen molar-refractivity contribution in [3.8, 4) is 11.3 Å². The Hall–Kier alpha value is -2.72. The van der Waals surface area contributed by atoms with Gasteiger partial charge in [-0.05, 0) is 55.8 Å². The number of carbonyl (C=O) groups is 1. The number of aromatic nitrogens is 1. The molecule has 0 aliphatic heterocycles. The Morgan fingerprint density at radius 3 is 2.60 bits per heavy atom. The number of anilines is 1. The molecule has 0 aliphatic rings. The predicted molar refractivity (Wildman–Crippen MR) is 98.5 cm³/mol. The highest BCUT2D eigenvalue weighted by Crippen LogP contribution is 2.28. The summed E-state index contributed by atoms with van der Waals surface area (Å²) < 4.78 is 14.5. The van der Waals surface area contributed by atoms with Gasteiger partial charge in [-0.3, -0.25) is 9.78 Å². The van der Waals surface area contributed by atoms with Gasteiger partial charge >= 0.3 is 0 Å². The highest BCUT2D eigenvalue weighted by atomic mass is 35.5. The molecular formula is C20H16ClFN2O. The van der Waals surface area contributed by atoms with Crippen molar-refractivity contribution in [2.24, 2.45) is 0 Å². The third-order valence-electron chi connectivity index (χ3n) is 3.87. The van der Waals surface area contributed by atoms with Crippen molar-refractivity contribution in [2.45, 2.75) is 13.8 Å². The van der Waals surface area contributed by atoms with Crippen molar-refractivity contribution in [3.05, 3.63) is 82.3 Å². The van der Waals surface area contributed by atoms with E-state index in [1.54, 1.807) is 24.4 Å². The van der Waals surface area contributed by atoms with Gasteiger partial charge in [0.2, 0.25) is 0 Å². The average molecular weight is 355 g/mol. The van der Waals surface area contributed by atoms with Crippen LogP contribution in [0.3, 0.4) is 0 Å². The molecule has 0 spiro atoms. The van der Waals surface area contributed by atoms with Gasteiger partial charge in [0.05, 0.1) is 10.7 Å². The van der Waals surface area contributed by atoms with Gasteiger partial charge in [-0.2, -0.15) is 0 Å². The van der Waals surface area contributed by atoms with Crippen LogP contribution in [0.25, 0.3) is 11.3 Å². The van der Waals surface area contributed by atoms with E-state index in [2.05, 4.69) is 10.3 Å². The summed E-state index contributed by atoms with van der Waals surface area (Å²) in [5.41, 5.74) is 3.60. The summed E-state index contributed by atoms with van der Waals surface area (Å²) in [6.45, 7) is 3.89. The molecule has 5 heteroatoms. The number of rotatable bonds is 3. The van der Waals surface area contributed by atoms with Gasteiger partial charge in [0.15, 0.2) is 0 Å². The van der Waals surface area contributed by atoms with Crippen LogP contribution < -0.4 is 5.32 Å². The van der Waals surface area contributed by atoms with E-state index >= 15 is 0 Å². The van der Waals surface area contributed by atoms with Gasteiger partial charge in [0.1, 0.15) is 5.82 Å². The molecule has 1 N–H and O–H groups in total. The molecule has 0 saturated carbocycles. The van der Waals surface area contributed by atoms with Crippen molar-refractivity contribution in [3.63, 3.8) is 0 Å². The molecule has 1 heterocycles. The molecule has 25 heavy (non-hydrogen) atoms. The maximum Gasteiger partial charge on any atom is 0.255 e. The van der Waals surface area contributed by atoms with E-state index in [-0.39, 0.29) is 17.0 Å². The maximum absolute atomic E-state index is 14.5. The minimum Gasteiger partial charge on any atom is -0.322 e. The Morgan fingerprint density at radius 2 is 1.92 bits per heavy atom. The second kappa shape index (κ2) is 7.03. The van der Waals surface area contributed by atoms with Crippen molar-refractivity contribution < 1.29 is 9.18 Å². The monoisotopic (exact) mass is 354 g/mol. The van der Waals surface area contributed by atoms with Crippen molar-refractivity contribution in [1.29, 1.82) is 0 Å². The van der Waals surface area contributed by atoms with Crippen LogP contribution in [0.4, 0.5) is 10.1 Å². The standard InChI is InChI=1S/C20H16ClFN2O/c1-12-5-8-18(13(2)10-12)24-20(25)14-6-7-15(17(22)11-14)19-16(21)4-3-9-23-19/h3-11H,1-2H3,(H,24,25). The second-order valence-corrected chi connectivity index (χ2v) is 6.21. The SMILES string of the molecule is Cc1ccc(NC(=O)c2ccc(-c3ncccc3Cl)c(F)c2)c(C)c1. The van der Waals surface area contributed by atoms with Gasteiger partial charge in [-0.1, -0.05) is 29.3 Å². The molecule has 0 atom stereocenters. The minimum atomic E-state index is -0.547. The van der Waals surface area contributed by atoms with E-state index in [0.29, 0.717) is 16.4 Å². The zero-order valence-electron chi connectivity index (χ0n) is 13.8. The summed E-state index contributed by atoms with van der Waals surface area (Å²) >= 11 is 6.06. The zero-order chi connectivity index (χ0) is 18.0. The molecule has 3 aromatic rings. The first kappa shape index (κ1) is 17.1. The molecule has 1 amide bonds. The van der Waals surface area contributed by atoms with Gasteiger partial charge in [0.25, 0.3) is 5.91 Å². The highest BCUT2D eigenvalue weighted by molar-refractivity contribution is 6.33. The van der Waals surface area contributed by atoms with E-state index < -0.39 is 5.82 Å². The molecular weight excluding hydrogens is 339 g/mol. The maximum atomic E-state index is 14.5. The Balaban J connectivity index is 1.87. The number of hydrogen-bond acceptors (Lipinski definition) is 2. The van der Waals surface area contributed by atoms with Crippen molar-refractivity contribution >= 4 is 23.2 Å². The highest BCUT2D eigenvalue weighted by Gasteiger charge is 2.14. The smallest absolute Gasteiger partial charge is 0.255 e. The average Bonchev–Trinajstić information content (AvgIpc) is 2.58. The lowest BCUT2D eigenvalue weighted by Gasteiger charge is -2.10. The van der Waals surface area contributed by atoms with Gasteiger partial charge < -0.3 is 5.32 Å². The first-order chi connectivity index (χ1) is 12.0. The zero-order valence-corrected chi connectivity index (χ0v) is 14.6. The lowest BCUT2D eigenvalue weighted by Crippen LogP contribution is -2.13. The summed E-state index contributed by atoms with van der Waals surface area (Å²) in [5.74, 6) is -0.918. The summed E-state index contributed by atoms with van der Waals surface area (Å²) in [7, 11) is 0. The fourth-order valence-electron chi connectivity index (χ4n) is 2.58. The number of pyridine rings is 1. The molecule has 2 aromatic carbocycles. The third-order valence-corrected chi connectivity index (χ3v) is 4.18. The lowest BCUT2D eigenvalue weighted by atomic mass is 10.1. The van der Waals surface area contributed by atoms with Crippen molar-refractivity contribution in [1.82, 2.24) is 4.98 Å². The normalized spacial score (nSPS) is 10.6. The Kier molecular flexibility index (Phi) is 4.81. The van der Waals surface area contributed by atoms with Crippen LogP contribution in [0.1, 0.15) is 21.5 Å². The van der Waals surface area contributed by atoms with E-state index in [9.17, 15) is 9.18 Å². The van der Waals surface area contributed by atoms with Gasteiger partial charge in [-0.15, -0.1) is 0 Å². The van der Waals surface area contributed by atoms with E-state index in [0.717, 1.165) is 11.1 Å². The second-order valence-electron chi connectivity index (χ2n) is 5.80. The topological polar surface area (TPSA) is 42.0 Å². The fraction of sp³-hybridized carbons (Fsp3) is 0.100. The quantitative estimate of drug-likeness (QED) is 0.683. The van der Waals surface area contributed by atoms with E-state index in [1.807, 2.05) is 32.0 Å². The molecule has 3 nitrogen and oxygen atoms in total. The number of amides is 1. The lowest BCUT2D eigenvalue weighted by molar-refractivity contribution is 0.102. The summed E-state index contributed by atoms with van der Waals surface area (Å²) in [4.78, 5) is 16.5. The number of nitrogens with zero attached hydrogens (tertiary/aromatic N) is 1. The van der Waals surface area contributed by atoms with Gasteiger partial charge in [0, 0.05) is 23.0 Å². The minimum absolute atomic E-state index is 0.230. The summed E-state index contributed by atoms with van der Waals surface area (Å²) in [5, 5.41) is 3.16. The Morgan fingerprint density at radius 1 is 1.12 bits per heavy atom. The van der Waals surface area contributed by atoms with Crippen LogP contribution >= 0.6 is 11.6 Å². The molecule has 0 aliphatic carbocycles. The molecule has 0 fully saturated rings. The number of aryl methyl sites for hydroxylation is 2. The number of halogens is 2. The van der Waals surface area contributed by atoms with Crippen LogP contribution in [0.2, 0.25) is 5.02 Å². The third kappa shape index (κ3) is 3.69. The molecule has 0 unspecified atom stereocenters. The summed E-state index contributed by atoms with van der Waals surface area (Å²) in [6.07, 6.45) is 1.54. The van der Waals surface area contributed by atoms with Crippen LogP contribution in [-0.4, -0.2) is 10.9 Å². The number of hydrogen-bond donors (Lipinski definition) is 1. The first-order valence-electron chi connectivity index (χ1n) is 7.75. The molecule has 0 radical (unpaired) electrons. The van der Waals surface area contributed by atoms with E-state index in [1.165, 1.54) is 12.1 Å². The van der Waals surface area contributed by atoms with Crippen LogP contribution in [0, 0.1) is 19.7 Å². The molecule has 126 valence electrons. The van der Waals surface area contributed by atoms with Gasteiger partial charge in [-0.25, -0.2) is 4.39 Å². The number of nitrogens with one attached hydrogen (secondary N) is 1. The Bertz CT molecular complexity index is 956. The first-order valence-corrected chi connectivity index (χ1v) is 8.12. The molecule has 3 rings (SSSR count). The van der Waals surface area contributed by atoms with E-state index in [4.69, 9.17) is 11.6 Å². The largest absolute Gasteiger partial charge is 0.322 e. The number of carbonyl (C=O) groups excluding carboxylic acids is 1. The summed E-state index contributed by atoms with van der Waals surface area (Å²) in [6, 6.07) is 13.3. The van der Waals surface area contributed by atoms with Crippen molar-refractivity contribution in [2.75, 3.05) is 5.32 Å². The molecule has 0 saturated heterocycles. The van der Waals surface area contributed by atoms with Crippen LogP contribution in [0.15, 0.2) is 54.7 Å². The number of benzene rings is 2. The van der Waals surface area contributed by atoms with Crippen LogP contribution in [-0.2, 0) is 0 Å². The van der Waals surface area contributed by atoms with Crippen LogP contribution in [0.5, 0.6) is 0 Å². The Labute approximate surface area is 150 Å². The fourth-order valence-corrected chi connectivity index (χ4v) is 2.80. The predicted octanol–water partition coefficient (Wildman–Crippen LogP) is 5.41. The molecule has 1 aromatic heterocycles.